The lowest BCUT2D eigenvalue weighted by Gasteiger charge is -2.33. The maximum absolute atomic E-state index is 6.26. The van der Waals surface area contributed by atoms with Gasteiger partial charge in [-0.15, -0.1) is 0 Å². The zero-order chi connectivity index (χ0) is 28.6. The Morgan fingerprint density at radius 1 is 0.950 bits per heavy atom. The Bertz CT molecular complexity index is 1490. The number of hydrogen-bond acceptors (Lipinski definition) is 10. The van der Waals surface area contributed by atoms with Crippen LogP contribution in [0.4, 0.5) is 0 Å². The number of allylic oxidation sites excluding steroid dienone is 2. The van der Waals surface area contributed by atoms with E-state index in [1.807, 2.05) is 19.2 Å². The highest BCUT2D eigenvalue weighted by Crippen LogP contribution is 2.40. The maximum atomic E-state index is 6.26. The molecular weight excluding hydrogens is 504 g/mol. The van der Waals surface area contributed by atoms with Gasteiger partial charge in [0.2, 0.25) is 0 Å². The molecule has 1 aliphatic heterocycles. The highest BCUT2D eigenvalue weighted by Gasteiger charge is 2.31. The van der Waals surface area contributed by atoms with E-state index in [0.717, 1.165) is 40.5 Å². The summed E-state index contributed by atoms with van der Waals surface area (Å²) < 4.78 is 8.05. The third-order valence-electron chi connectivity index (χ3n) is 7.45. The molecule has 0 saturated carbocycles. The Balaban J connectivity index is 1.89. The number of nitrogens with two attached hydrogens (primary N) is 4. The third-order valence-corrected chi connectivity index (χ3v) is 7.45. The van der Waals surface area contributed by atoms with Crippen molar-refractivity contribution in [1.82, 2.24) is 29.5 Å². The molecule has 1 aromatic carbocycles. The van der Waals surface area contributed by atoms with Crippen molar-refractivity contribution < 1.29 is 4.74 Å². The lowest BCUT2D eigenvalue weighted by Crippen LogP contribution is -2.28. The number of nitrogens with zero attached hydrogens (tertiary/aromatic N) is 6. The molecule has 3 aromatic heterocycles. The van der Waals surface area contributed by atoms with Gasteiger partial charge in [0.15, 0.2) is 5.82 Å². The number of fused-ring (bicyclic) bond motifs is 3. The Morgan fingerprint density at radius 3 is 2.20 bits per heavy atom. The molecule has 8 N–H and O–H groups in total. The number of ether oxygens (including phenoxy) is 1. The van der Waals surface area contributed by atoms with Crippen LogP contribution >= 0.6 is 0 Å². The van der Waals surface area contributed by atoms with Gasteiger partial charge in [-0.05, 0) is 44.2 Å². The molecule has 40 heavy (non-hydrogen) atoms. The summed E-state index contributed by atoms with van der Waals surface area (Å²) in [5.41, 5.74) is 19.3. The predicted molar refractivity (Wildman–Crippen MR) is 158 cm³/mol. The molecule has 1 aliphatic rings. The summed E-state index contributed by atoms with van der Waals surface area (Å²) in [6, 6.07) is 12.6. The summed E-state index contributed by atoms with van der Waals surface area (Å²) in [4.78, 5) is 14.7. The van der Waals surface area contributed by atoms with Gasteiger partial charge in [0, 0.05) is 56.7 Å². The Kier molecular flexibility index (Phi) is 7.61. The van der Waals surface area contributed by atoms with Crippen LogP contribution in [0.2, 0.25) is 0 Å². The largest absolute Gasteiger partial charge is 0.401 e. The molecule has 0 aliphatic carbocycles. The zero-order valence-corrected chi connectivity index (χ0v) is 23.5. The van der Waals surface area contributed by atoms with Gasteiger partial charge in [-0.25, -0.2) is 21.7 Å². The van der Waals surface area contributed by atoms with Gasteiger partial charge in [-0.2, -0.15) is 0 Å². The Hall–Kier alpha value is -4.19. The van der Waals surface area contributed by atoms with E-state index in [1.165, 1.54) is 15.6 Å². The van der Waals surface area contributed by atoms with Crippen LogP contribution in [-0.4, -0.2) is 56.8 Å². The topological polar surface area (TPSA) is 163 Å². The van der Waals surface area contributed by atoms with E-state index >= 15 is 0 Å². The summed E-state index contributed by atoms with van der Waals surface area (Å²) in [5, 5.41) is 3.81. The molecule has 0 radical (unpaired) electrons. The Morgan fingerprint density at radius 2 is 1.60 bits per heavy atom. The molecule has 5 rings (SSSR count). The van der Waals surface area contributed by atoms with E-state index in [9.17, 15) is 0 Å². The Labute approximate surface area is 234 Å². The number of aromatic nitrogens is 4. The summed E-state index contributed by atoms with van der Waals surface area (Å²) in [5.74, 6) is 13.1. The van der Waals surface area contributed by atoms with Gasteiger partial charge >= 0.3 is 0 Å². The molecule has 4 aromatic rings. The SMILES string of the molecule is C/C(N)=C(\c1cnc2c3cnc(/C(=C(\C)N)N(C)N)nc3n([C@H](c3ccccc3)C3CCOCC3)c2c1)N(C)N. The monoisotopic (exact) mass is 542 g/mol. The van der Waals surface area contributed by atoms with E-state index < -0.39 is 0 Å². The van der Waals surface area contributed by atoms with Crippen molar-refractivity contribution in [1.29, 1.82) is 0 Å². The van der Waals surface area contributed by atoms with Crippen LogP contribution in [0.15, 0.2) is 60.2 Å². The highest BCUT2D eigenvalue weighted by molar-refractivity contribution is 6.05. The second kappa shape index (κ2) is 11.1. The summed E-state index contributed by atoms with van der Waals surface area (Å²) in [6.45, 7) is 5.04. The van der Waals surface area contributed by atoms with E-state index in [0.29, 0.717) is 47.7 Å². The zero-order valence-electron chi connectivity index (χ0n) is 23.5. The number of rotatable bonds is 7. The van der Waals surface area contributed by atoms with Crippen LogP contribution in [0.25, 0.3) is 33.5 Å². The van der Waals surface area contributed by atoms with Crippen LogP contribution < -0.4 is 23.2 Å². The fourth-order valence-corrected chi connectivity index (χ4v) is 5.84. The molecule has 1 saturated heterocycles. The molecule has 4 heterocycles. The van der Waals surface area contributed by atoms with Crippen LogP contribution in [0.1, 0.15) is 49.7 Å². The van der Waals surface area contributed by atoms with Crippen molar-refractivity contribution in [2.75, 3.05) is 27.3 Å². The van der Waals surface area contributed by atoms with E-state index in [-0.39, 0.29) is 6.04 Å². The summed E-state index contributed by atoms with van der Waals surface area (Å²) >= 11 is 0. The van der Waals surface area contributed by atoms with E-state index in [4.69, 9.17) is 37.9 Å². The van der Waals surface area contributed by atoms with Crippen molar-refractivity contribution in [2.24, 2.45) is 29.1 Å². The first-order chi connectivity index (χ1) is 19.2. The molecule has 0 spiro atoms. The van der Waals surface area contributed by atoms with Crippen molar-refractivity contribution in [2.45, 2.75) is 32.7 Å². The lowest BCUT2D eigenvalue weighted by atomic mass is 9.86. The highest BCUT2D eigenvalue weighted by atomic mass is 16.5. The van der Waals surface area contributed by atoms with Crippen LogP contribution in [0.3, 0.4) is 0 Å². The van der Waals surface area contributed by atoms with Crippen molar-refractivity contribution in [3.63, 3.8) is 0 Å². The first-order valence-electron chi connectivity index (χ1n) is 13.4. The van der Waals surface area contributed by atoms with E-state index in [1.54, 1.807) is 27.2 Å². The normalized spacial score (nSPS) is 16.6. The lowest BCUT2D eigenvalue weighted by molar-refractivity contribution is 0.0552. The van der Waals surface area contributed by atoms with E-state index in [2.05, 4.69) is 39.9 Å². The third kappa shape index (κ3) is 4.94. The smallest absolute Gasteiger partial charge is 0.181 e. The van der Waals surface area contributed by atoms with Crippen LogP contribution in [0, 0.1) is 5.92 Å². The van der Waals surface area contributed by atoms with Crippen molar-refractivity contribution >= 4 is 33.5 Å². The second-order valence-corrected chi connectivity index (χ2v) is 10.5. The predicted octanol–water partition coefficient (Wildman–Crippen LogP) is 2.90. The molecule has 1 atom stereocenters. The molecule has 0 bridgehead atoms. The first kappa shape index (κ1) is 27.4. The molecule has 210 valence electrons. The van der Waals surface area contributed by atoms with Crippen LogP contribution in [-0.2, 0) is 4.74 Å². The van der Waals surface area contributed by atoms with Gasteiger partial charge < -0.3 is 30.8 Å². The first-order valence-corrected chi connectivity index (χ1v) is 13.4. The number of benzene rings is 1. The fourth-order valence-electron chi connectivity index (χ4n) is 5.84. The van der Waals surface area contributed by atoms with Gasteiger partial charge in [0.25, 0.3) is 0 Å². The van der Waals surface area contributed by atoms with Crippen molar-refractivity contribution in [3.8, 4) is 0 Å². The standard InChI is InChI=1S/C29H38N10O/c1-17(30)25(37(3)32)21-14-23-24(34-15-21)22-16-35-28(26(18(2)31)38(4)33)36-29(22)39(23)27(19-8-6-5-7-9-19)20-10-12-40-13-11-20/h5-9,14-16,20,27H,10-13,30-33H2,1-4H3/b25-17-,26-18-/t27-/m1/s1. The molecule has 0 unspecified atom stereocenters. The minimum absolute atomic E-state index is 0.0334. The number of pyridine rings is 1. The molecular formula is C29H38N10O. The minimum atomic E-state index is -0.0334. The molecule has 11 nitrogen and oxygen atoms in total. The average molecular weight is 543 g/mol. The van der Waals surface area contributed by atoms with Gasteiger partial charge in [-0.1, -0.05) is 30.3 Å². The second-order valence-electron chi connectivity index (χ2n) is 10.5. The average Bonchev–Trinajstić information content (AvgIpc) is 3.22. The molecule has 11 heteroatoms. The van der Waals surface area contributed by atoms with Gasteiger partial charge in [0.1, 0.15) is 11.3 Å². The maximum Gasteiger partial charge on any atom is 0.181 e. The fraction of sp³-hybridized carbons (Fsp3) is 0.345. The van der Waals surface area contributed by atoms with Gasteiger partial charge in [-0.3, -0.25) is 4.98 Å². The van der Waals surface area contributed by atoms with Crippen molar-refractivity contribution in [3.05, 3.63) is 77.1 Å². The quantitative estimate of drug-likeness (QED) is 0.202. The number of hydrazine groups is 2. The summed E-state index contributed by atoms with van der Waals surface area (Å²) in [7, 11) is 3.49. The van der Waals surface area contributed by atoms with Crippen LogP contribution in [0.5, 0.6) is 0 Å². The molecule has 1 fully saturated rings. The minimum Gasteiger partial charge on any atom is -0.401 e. The molecule has 0 amide bonds. The van der Waals surface area contributed by atoms with Gasteiger partial charge in [0.05, 0.1) is 28.2 Å². The summed E-state index contributed by atoms with van der Waals surface area (Å²) in [6.07, 6.45) is 5.44. The number of hydrogen-bond donors (Lipinski definition) is 4.